The summed E-state index contributed by atoms with van der Waals surface area (Å²) in [5.74, 6) is -0.198. The van der Waals surface area contributed by atoms with E-state index in [0.29, 0.717) is 24.3 Å². The minimum atomic E-state index is -0.198. The minimum absolute atomic E-state index is 0.143. The van der Waals surface area contributed by atoms with E-state index in [-0.39, 0.29) is 11.9 Å². The van der Waals surface area contributed by atoms with Gasteiger partial charge >= 0.3 is 0 Å². The van der Waals surface area contributed by atoms with Crippen molar-refractivity contribution in [1.29, 1.82) is 0 Å². The van der Waals surface area contributed by atoms with E-state index >= 15 is 0 Å². The fourth-order valence-electron chi connectivity index (χ4n) is 3.25. The lowest BCUT2D eigenvalue weighted by Gasteiger charge is -2.16. The lowest BCUT2D eigenvalue weighted by molar-refractivity contribution is -0.117. The predicted molar refractivity (Wildman–Crippen MR) is 112 cm³/mol. The van der Waals surface area contributed by atoms with Crippen molar-refractivity contribution in [3.05, 3.63) is 78.1 Å². The number of nitrogens with one attached hydrogen (secondary N) is 2. The van der Waals surface area contributed by atoms with Crippen LogP contribution in [0.4, 0.5) is 0 Å². The zero-order chi connectivity index (χ0) is 19.3. The summed E-state index contributed by atoms with van der Waals surface area (Å²) in [6, 6.07) is 18.1. The zero-order valence-corrected chi connectivity index (χ0v) is 15.3. The smallest absolute Gasteiger partial charge is 0.244 e. The second-order valence-electron chi connectivity index (χ2n) is 6.67. The molecule has 0 aliphatic heterocycles. The molecule has 140 valence electrons. The van der Waals surface area contributed by atoms with Crippen LogP contribution in [0.3, 0.4) is 0 Å². The monoisotopic (exact) mass is 371 g/mol. The van der Waals surface area contributed by atoms with Crippen LogP contribution in [0, 0.1) is 0 Å². The van der Waals surface area contributed by atoms with Crippen LogP contribution >= 0.6 is 0 Å². The molecular weight excluding hydrogens is 350 g/mol. The van der Waals surface area contributed by atoms with Gasteiger partial charge in [-0.1, -0.05) is 42.5 Å². The highest BCUT2D eigenvalue weighted by atomic mass is 16.1. The number of rotatable bonds is 6. The van der Waals surface area contributed by atoms with E-state index in [9.17, 15) is 4.79 Å². The first-order chi connectivity index (χ1) is 13.7. The largest absolute Gasteiger partial charge is 0.348 e. The number of nitrogens with two attached hydrogens (primary N) is 1. The third kappa shape index (κ3) is 3.92. The molecule has 6 nitrogen and oxygen atoms in total. The Kier molecular flexibility index (Phi) is 5.12. The molecule has 0 bridgehead atoms. The Hall–Kier alpha value is -3.51. The fraction of sp³-hybridized carbons (Fsp3) is 0.136. The molecule has 0 spiro atoms. The van der Waals surface area contributed by atoms with Crippen LogP contribution in [-0.2, 0) is 11.2 Å². The molecule has 0 aliphatic rings. The second kappa shape index (κ2) is 8.02. The van der Waals surface area contributed by atoms with Gasteiger partial charge in [0.25, 0.3) is 0 Å². The summed E-state index contributed by atoms with van der Waals surface area (Å²) < 4.78 is 0. The average molecular weight is 371 g/mol. The van der Waals surface area contributed by atoms with E-state index in [1.807, 2.05) is 24.3 Å². The van der Waals surface area contributed by atoms with Gasteiger partial charge < -0.3 is 11.1 Å². The Balaban J connectivity index is 1.43. The van der Waals surface area contributed by atoms with Crippen LogP contribution in [0.5, 0.6) is 0 Å². The van der Waals surface area contributed by atoms with Crippen molar-refractivity contribution in [1.82, 2.24) is 20.5 Å². The van der Waals surface area contributed by atoms with Gasteiger partial charge in [0.2, 0.25) is 5.91 Å². The molecule has 1 amide bonds. The number of carbonyl (C=O) groups excluding carboxylic acids is 1. The van der Waals surface area contributed by atoms with Crippen molar-refractivity contribution in [2.75, 3.05) is 6.54 Å². The molecule has 2 aromatic carbocycles. The summed E-state index contributed by atoms with van der Waals surface area (Å²) in [6.07, 6.45) is 5.53. The maximum atomic E-state index is 12.3. The topological polar surface area (TPSA) is 96.7 Å². The number of benzene rings is 2. The van der Waals surface area contributed by atoms with Gasteiger partial charge in [0.05, 0.1) is 5.69 Å². The van der Waals surface area contributed by atoms with Gasteiger partial charge in [0, 0.05) is 30.2 Å². The van der Waals surface area contributed by atoms with Gasteiger partial charge in [0.1, 0.15) is 0 Å². The van der Waals surface area contributed by atoms with Gasteiger partial charge in [-0.2, -0.15) is 5.10 Å². The number of H-pyrrole nitrogens is 1. The van der Waals surface area contributed by atoms with E-state index in [4.69, 9.17) is 5.73 Å². The number of hydrogen-bond donors (Lipinski definition) is 3. The molecule has 0 saturated carbocycles. The molecule has 0 unspecified atom stereocenters. The maximum absolute atomic E-state index is 12.3. The third-order valence-corrected chi connectivity index (χ3v) is 4.69. The van der Waals surface area contributed by atoms with Crippen LogP contribution in [-0.4, -0.2) is 33.7 Å². The first kappa shape index (κ1) is 17.9. The summed E-state index contributed by atoms with van der Waals surface area (Å²) in [5.41, 5.74) is 8.39. The summed E-state index contributed by atoms with van der Waals surface area (Å²) in [7, 11) is 0. The maximum Gasteiger partial charge on any atom is 0.244 e. The second-order valence-corrected chi connectivity index (χ2v) is 6.67. The van der Waals surface area contributed by atoms with Crippen molar-refractivity contribution < 1.29 is 4.79 Å². The van der Waals surface area contributed by atoms with Crippen LogP contribution in [0.15, 0.2) is 66.9 Å². The lowest BCUT2D eigenvalue weighted by atomic mass is 10.0. The van der Waals surface area contributed by atoms with Gasteiger partial charge in [-0.05, 0) is 41.0 Å². The van der Waals surface area contributed by atoms with E-state index < -0.39 is 0 Å². The molecule has 2 aromatic heterocycles. The summed E-state index contributed by atoms with van der Waals surface area (Å²) in [6.45, 7) is 0.363. The highest BCUT2D eigenvalue weighted by Crippen LogP contribution is 2.17. The summed E-state index contributed by atoms with van der Waals surface area (Å²) >= 11 is 0. The molecule has 4 rings (SSSR count). The van der Waals surface area contributed by atoms with E-state index in [1.165, 1.54) is 16.8 Å². The first-order valence-corrected chi connectivity index (χ1v) is 9.18. The summed E-state index contributed by atoms with van der Waals surface area (Å²) in [4.78, 5) is 16.5. The lowest BCUT2D eigenvalue weighted by Crippen LogP contribution is -2.40. The van der Waals surface area contributed by atoms with Crippen LogP contribution in [0.25, 0.3) is 27.9 Å². The van der Waals surface area contributed by atoms with Crippen molar-refractivity contribution >= 4 is 33.8 Å². The Morgan fingerprint density at radius 3 is 2.86 bits per heavy atom. The number of amides is 1. The number of fused-ring (bicyclic) bond motifs is 2. The fourth-order valence-corrected chi connectivity index (χ4v) is 3.25. The first-order valence-electron chi connectivity index (χ1n) is 9.18. The van der Waals surface area contributed by atoms with Gasteiger partial charge in [0.15, 0.2) is 5.65 Å². The number of aromatic nitrogens is 3. The highest BCUT2D eigenvalue weighted by molar-refractivity contribution is 5.94. The molecule has 28 heavy (non-hydrogen) atoms. The van der Waals surface area contributed by atoms with E-state index in [2.05, 4.69) is 50.8 Å². The third-order valence-electron chi connectivity index (χ3n) is 4.69. The summed E-state index contributed by atoms with van der Waals surface area (Å²) in [5, 5.41) is 13.3. The number of aromatic amines is 1. The SMILES string of the molecule is NC[C@H](Cc1ccc2ccccc2c1)NC(=O)/C=C/c1n[nH]c2ncccc12. The standard InChI is InChI=1S/C22H21N5O/c23-14-18(13-15-7-8-16-4-1-2-5-17(16)12-15)25-21(28)10-9-20-19-6-3-11-24-22(19)27-26-20/h1-12,18H,13-14,23H2,(H,25,28)(H,24,26,27)/b10-9+/t18-/m0/s1. The molecule has 0 aliphatic carbocycles. The Bertz CT molecular complexity index is 1150. The molecule has 0 saturated heterocycles. The van der Waals surface area contributed by atoms with Gasteiger partial charge in [-0.3, -0.25) is 9.89 Å². The molecular formula is C22H21N5O. The molecule has 4 aromatic rings. The predicted octanol–water partition coefficient (Wildman–Crippen LogP) is 2.81. The molecule has 4 N–H and O–H groups in total. The Morgan fingerprint density at radius 1 is 1.14 bits per heavy atom. The molecule has 0 fully saturated rings. The number of nitrogens with zero attached hydrogens (tertiary/aromatic N) is 2. The van der Waals surface area contributed by atoms with Crippen molar-refractivity contribution in [3.63, 3.8) is 0 Å². The van der Waals surface area contributed by atoms with Crippen LogP contribution in [0.2, 0.25) is 0 Å². The number of pyridine rings is 1. The molecule has 0 radical (unpaired) electrons. The van der Waals surface area contributed by atoms with Crippen molar-refractivity contribution in [3.8, 4) is 0 Å². The molecule has 1 atom stereocenters. The van der Waals surface area contributed by atoms with E-state index in [1.54, 1.807) is 12.3 Å². The van der Waals surface area contributed by atoms with Crippen LogP contribution in [0.1, 0.15) is 11.3 Å². The highest BCUT2D eigenvalue weighted by Gasteiger charge is 2.11. The Labute approximate surface area is 162 Å². The Morgan fingerprint density at radius 2 is 2.00 bits per heavy atom. The van der Waals surface area contributed by atoms with Crippen LogP contribution < -0.4 is 11.1 Å². The van der Waals surface area contributed by atoms with E-state index in [0.717, 1.165) is 10.9 Å². The molecule has 2 heterocycles. The van der Waals surface area contributed by atoms with Gasteiger partial charge in [-0.25, -0.2) is 4.98 Å². The zero-order valence-electron chi connectivity index (χ0n) is 15.3. The van der Waals surface area contributed by atoms with Crippen molar-refractivity contribution in [2.24, 2.45) is 5.73 Å². The normalized spacial score (nSPS) is 12.6. The van der Waals surface area contributed by atoms with Gasteiger partial charge in [-0.15, -0.1) is 0 Å². The molecule has 6 heteroatoms. The van der Waals surface area contributed by atoms with Crippen molar-refractivity contribution in [2.45, 2.75) is 12.5 Å². The quantitative estimate of drug-likeness (QED) is 0.454. The minimum Gasteiger partial charge on any atom is -0.348 e. The number of carbonyl (C=O) groups is 1. The average Bonchev–Trinajstić information content (AvgIpc) is 3.15. The number of hydrogen-bond acceptors (Lipinski definition) is 4.